The van der Waals surface area contributed by atoms with E-state index < -0.39 is 234 Å². The van der Waals surface area contributed by atoms with Crippen LogP contribution in [-0.4, -0.2) is 271 Å². The number of fused-ring (bicyclic) bond motifs is 3. The SMILES string of the molecule is CCCC[C@H]1C(=O)N2CCC[C@@H]2C(=O)N[C@@H](CC(=O)O)C(=O)N[C@@H](C(C)C)C(=O)N(C)[C@@H](C(C)C)C(=O)N[C@@H](CCC(N)=O)C(=O)N2CCC[C@@H]2C(=O)N[C@@H](Cc2c[nH]c3ccccc23)C(=O)N[C@@H](Cc2ccc(O)cc2)C(=O)N[C@@H](CC(C)C)C(=O)N[C@H](C(=O)NCC(N)=O)CSCC(=O)N[C@@H](Cc2ccc(F)cc2)C(=O)N(C)[C@@H](Cc2ccccc2)C(=O)N1C. The van der Waals surface area contributed by atoms with Crippen LogP contribution in [0.1, 0.15) is 141 Å². The summed E-state index contributed by atoms with van der Waals surface area (Å²) in [5.41, 5.74) is 13.6. The zero-order valence-electron chi connectivity index (χ0n) is 73.3. The summed E-state index contributed by atoms with van der Waals surface area (Å²) >= 11 is 0.787. The fourth-order valence-corrected chi connectivity index (χ4v) is 16.9. The lowest BCUT2D eigenvalue weighted by molar-refractivity contribution is -0.152. The van der Waals surface area contributed by atoms with Gasteiger partial charge >= 0.3 is 5.97 Å². The Morgan fingerprint density at radius 1 is 0.528 bits per heavy atom. The summed E-state index contributed by atoms with van der Waals surface area (Å²) in [6.45, 7) is 10.8. The van der Waals surface area contributed by atoms with E-state index in [0.717, 1.165) is 33.7 Å². The number of aliphatic carboxylic acids is 1. The highest BCUT2D eigenvalue weighted by Gasteiger charge is 2.47. The normalized spacial score (nSPS) is 24.2. The Morgan fingerprint density at radius 3 is 1.65 bits per heavy atom. The first-order valence-corrected chi connectivity index (χ1v) is 44.0. The van der Waals surface area contributed by atoms with Crippen molar-refractivity contribution < 1.29 is 96.1 Å². The number of carboxylic acids is 1. The first-order valence-electron chi connectivity index (χ1n) is 42.8. The van der Waals surface area contributed by atoms with Crippen molar-refractivity contribution in [3.63, 3.8) is 0 Å². The molecule has 0 spiro atoms. The quantitative estimate of drug-likeness (QED) is 0.0438. The third-order valence-electron chi connectivity index (χ3n) is 22.8. The molecule has 0 aliphatic carbocycles. The number of likely N-dealkylation sites (N-methyl/N-ethyl adjacent to an activating group) is 3. The van der Waals surface area contributed by atoms with Gasteiger partial charge in [0.15, 0.2) is 0 Å². The molecule has 16 N–H and O–H groups in total. The lowest BCUT2D eigenvalue weighted by Crippen LogP contribution is -2.62. The van der Waals surface area contributed by atoms with E-state index >= 15 is 43.2 Å². The van der Waals surface area contributed by atoms with Crippen LogP contribution in [0.4, 0.5) is 4.39 Å². The number of nitrogens with two attached hydrogens (primary N) is 2. The average molecular weight is 1780 g/mol. The number of hydrogen-bond donors (Lipinski definition) is 14. The van der Waals surface area contributed by atoms with Crippen LogP contribution in [-0.2, 0) is 107 Å². The van der Waals surface area contributed by atoms with Gasteiger partial charge in [0, 0.05) is 89.2 Å². The molecule has 1 aromatic heterocycles. The van der Waals surface area contributed by atoms with Crippen molar-refractivity contribution >= 4 is 123 Å². The first kappa shape index (κ1) is 99.9. The van der Waals surface area contributed by atoms with Crippen molar-refractivity contribution in [3.8, 4) is 5.75 Å². The number of halogens is 1. The topological polar surface area (TPSA) is 523 Å². The van der Waals surface area contributed by atoms with Crippen LogP contribution >= 0.6 is 11.8 Å². The molecule has 4 aromatic carbocycles. The molecule has 3 aliphatic rings. The molecular weight excluding hydrogens is 1660 g/mol. The number of benzene rings is 4. The lowest BCUT2D eigenvalue weighted by Gasteiger charge is -2.38. The number of aromatic nitrogens is 1. The number of nitrogens with one attached hydrogen (secondary N) is 10. The summed E-state index contributed by atoms with van der Waals surface area (Å²) in [5, 5.41) is 45.2. The summed E-state index contributed by atoms with van der Waals surface area (Å²) in [4.78, 5) is 257. The number of H-pyrrole nitrogens is 1. The predicted molar refractivity (Wildman–Crippen MR) is 468 cm³/mol. The molecule has 0 radical (unpaired) electrons. The van der Waals surface area contributed by atoms with Gasteiger partial charge in [0.25, 0.3) is 0 Å². The number of rotatable bonds is 23. The van der Waals surface area contributed by atoms with Gasteiger partial charge in [-0.05, 0) is 115 Å². The molecule has 4 heterocycles. The van der Waals surface area contributed by atoms with Crippen LogP contribution in [0.25, 0.3) is 10.9 Å². The monoisotopic (exact) mass is 1780 g/mol. The second-order valence-corrected chi connectivity index (χ2v) is 34.7. The fraction of sp³-hybridized carbons (Fsp3) is 0.517. The standard InChI is InChI=1S/C89H120FN17O19S/c1-11-12-24-69-88(125)107-38-19-26-68(107)83(120)100-64(44-74(112)113)81(118)102-75(50(4)5)89(126)105(10)76(51(6)7)84(121)96-60(35-36-71(91)109)86(123)106-37-18-25-67(106)82(119)99-63(43-55-45-93-59-23-17-16-22-58(55)59)80(117)98-62(40-54-29-33-57(108)34-30-54)79(116)97-61(39-49(2)3)78(115)101-66(77(114)94-46-72(92)110)47-127-48-73(111)95-65(41-53-27-31-56(90)32-28-53)85(122)104(9)70(87(124)103(69)8)42-52-20-14-13-15-21-52/h13-17,20-23,27-34,45,49-51,60-70,75-76,93,108H,11-12,18-19,24-26,35-44,46-48H2,1-10H3,(H2,91,109)(H2,92,110)(H,94,114)(H,95,111)(H,96,121)(H,97,116)(H,98,117)(H,99,119)(H,100,120)(H,101,115)(H,102,118)(H,112,113)/t60-,61-,62-,63-,64-,65-,66-,67+,68+,69-,70-,75-,76-/m0/s1. The number of primary amides is 2. The Labute approximate surface area is 741 Å². The van der Waals surface area contributed by atoms with E-state index in [0.29, 0.717) is 46.0 Å². The Kier molecular flexibility index (Phi) is 37.1. The molecule has 38 heteroatoms. The molecular formula is C89H120FN17O19S. The number of unbranched alkanes of at least 4 members (excludes halogenated alkanes) is 1. The number of aromatic amines is 1. The second kappa shape index (κ2) is 47.2. The van der Waals surface area contributed by atoms with E-state index in [2.05, 4.69) is 52.8 Å². The number of hydrogen-bond acceptors (Lipinski definition) is 19. The summed E-state index contributed by atoms with van der Waals surface area (Å²) < 4.78 is 14.6. The number of aromatic hydroxyl groups is 1. The lowest BCUT2D eigenvalue weighted by atomic mass is 9.97. The number of phenols is 1. The van der Waals surface area contributed by atoms with Gasteiger partial charge in [-0.3, -0.25) is 81.5 Å². The number of nitrogens with zero attached hydrogens (tertiary/aromatic N) is 5. The van der Waals surface area contributed by atoms with Crippen LogP contribution in [0.5, 0.6) is 5.75 Å². The maximum absolute atomic E-state index is 15.6. The fourth-order valence-electron chi connectivity index (χ4n) is 16.0. The first-order chi connectivity index (χ1) is 60.2. The maximum atomic E-state index is 15.6. The van der Waals surface area contributed by atoms with Gasteiger partial charge in [-0.25, -0.2) is 4.39 Å². The summed E-state index contributed by atoms with van der Waals surface area (Å²) in [7, 11) is 3.96. The van der Waals surface area contributed by atoms with Gasteiger partial charge in [0.05, 0.1) is 18.7 Å². The Balaban J connectivity index is 1.21. The Bertz CT molecular complexity index is 4770. The zero-order chi connectivity index (χ0) is 93.2. The van der Waals surface area contributed by atoms with E-state index in [4.69, 9.17) is 11.5 Å². The number of thioether (sulfide) groups is 1. The van der Waals surface area contributed by atoms with Crippen molar-refractivity contribution in [3.05, 3.63) is 137 Å². The molecule has 16 amide bonds. The van der Waals surface area contributed by atoms with E-state index in [1.165, 1.54) is 72.2 Å². The van der Waals surface area contributed by atoms with Crippen LogP contribution in [0, 0.1) is 23.6 Å². The molecule has 36 nitrogen and oxygen atoms in total. The minimum Gasteiger partial charge on any atom is -0.508 e. The highest BCUT2D eigenvalue weighted by Crippen LogP contribution is 2.28. The molecule has 0 unspecified atom stereocenters. The Morgan fingerprint density at radius 2 is 1.06 bits per heavy atom. The molecule has 127 heavy (non-hydrogen) atoms. The van der Waals surface area contributed by atoms with Crippen molar-refractivity contribution in [1.29, 1.82) is 0 Å². The van der Waals surface area contributed by atoms with Crippen LogP contribution in [0.3, 0.4) is 0 Å². The molecule has 688 valence electrons. The van der Waals surface area contributed by atoms with Crippen molar-refractivity contribution in [2.24, 2.45) is 29.2 Å². The molecule has 13 atom stereocenters. The number of carbonyl (C=O) groups is 17. The minimum absolute atomic E-state index is 0.00388. The number of carbonyl (C=O) groups excluding carboxylic acids is 16. The zero-order valence-corrected chi connectivity index (χ0v) is 74.1. The third-order valence-corrected chi connectivity index (χ3v) is 23.9. The molecule has 3 fully saturated rings. The summed E-state index contributed by atoms with van der Waals surface area (Å²) in [6, 6.07) is 6.51. The predicted octanol–water partition coefficient (Wildman–Crippen LogP) is 1.26. The highest BCUT2D eigenvalue weighted by atomic mass is 32.2. The van der Waals surface area contributed by atoms with Gasteiger partial charge in [0.1, 0.15) is 90.1 Å². The molecule has 5 aromatic rings. The van der Waals surface area contributed by atoms with Gasteiger partial charge in [-0.2, -0.15) is 0 Å². The van der Waals surface area contributed by atoms with E-state index in [9.17, 15) is 53.0 Å². The van der Waals surface area contributed by atoms with E-state index in [1.54, 1.807) is 102 Å². The smallest absolute Gasteiger partial charge is 0.305 e. The molecule has 0 saturated carbocycles. The van der Waals surface area contributed by atoms with Gasteiger partial charge in [0.2, 0.25) is 94.5 Å². The summed E-state index contributed by atoms with van der Waals surface area (Å²) in [6.07, 6.45) is -0.0880. The van der Waals surface area contributed by atoms with Crippen LogP contribution in [0.15, 0.2) is 109 Å². The summed E-state index contributed by atoms with van der Waals surface area (Å²) in [5.74, 6) is -19.7. The molecule has 8 rings (SSSR count). The molecule has 3 aliphatic heterocycles. The van der Waals surface area contributed by atoms with Crippen molar-refractivity contribution in [2.75, 3.05) is 52.3 Å². The molecule has 0 bridgehead atoms. The van der Waals surface area contributed by atoms with Crippen LogP contribution < -0.4 is 59.3 Å². The number of carboxylic acid groups (broad SMARTS) is 1. The third kappa shape index (κ3) is 28.2. The van der Waals surface area contributed by atoms with Gasteiger partial charge < -0.3 is 99.0 Å². The number of phenolic OH excluding ortho intramolecular Hbond substituents is 1. The van der Waals surface area contributed by atoms with E-state index in [1.807, 2.05) is 6.92 Å². The minimum atomic E-state index is -1.90. The van der Waals surface area contributed by atoms with E-state index in [-0.39, 0.29) is 89.0 Å². The van der Waals surface area contributed by atoms with Gasteiger partial charge in [-0.1, -0.05) is 134 Å². The number of para-hydroxylation sites is 1. The second-order valence-electron chi connectivity index (χ2n) is 33.7. The van der Waals surface area contributed by atoms with Crippen molar-refractivity contribution in [1.82, 2.24) is 77.3 Å². The highest BCUT2D eigenvalue weighted by molar-refractivity contribution is 8.00. The maximum Gasteiger partial charge on any atom is 0.305 e. The molecule has 3 saturated heterocycles. The number of amides is 16. The van der Waals surface area contributed by atoms with Crippen LogP contribution in [0.2, 0.25) is 0 Å². The largest absolute Gasteiger partial charge is 0.508 e. The van der Waals surface area contributed by atoms with Gasteiger partial charge in [-0.15, -0.1) is 11.8 Å². The average Bonchev–Trinajstić information content (AvgIpc) is 1.76. The van der Waals surface area contributed by atoms with Crippen molar-refractivity contribution in [2.45, 2.75) is 223 Å². The Hall–Kier alpha value is -12.5.